The zero-order chi connectivity index (χ0) is 24.4. The number of likely N-dealkylation sites (tertiary alicyclic amines) is 1. The van der Waals surface area contributed by atoms with E-state index in [2.05, 4.69) is 9.88 Å². The number of nitrogens with zero attached hydrogens (tertiary/aromatic N) is 5. The zero-order valence-electron chi connectivity index (χ0n) is 19.9. The van der Waals surface area contributed by atoms with Gasteiger partial charge in [0, 0.05) is 37.1 Å². The summed E-state index contributed by atoms with van der Waals surface area (Å²) in [5, 5.41) is 12.1. The maximum atomic E-state index is 14.9. The van der Waals surface area contributed by atoms with Crippen molar-refractivity contribution in [2.75, 3.05) is 31.6 Å². The van der Waals surface area contributed by atoms with Crippen molar-refractivity contribution in [3.8, 4) is 21.8 Å². The largest absolute Gasteiger partial charge is 0.383 e. The van der Waals surface area contributed by atoms with Crippen molar-refractivity contribution in [2.24, 2.45) is 0 Å². The molecule has 0 atom stereocenters. The van der Waals surface area contributed by atoms with Crippen LogP contribution in [0.4, 0.5) is 16.0 Å². The molecule has 0 radical (unpaired) electrons. The van der Waals surface area contributed by atoms with E-state index in [0.717, 1.165) is 23.7 Å². The van der Waals surface area contributed by atoms with E-state index in [0.29, 0.717) is 47.3 Å². The third-order valence-electron chi connectivity index (χ3n) is 6.47. The number of rotatable bonds is 6. The molecule has 2 aromatic heterocycles. The number of halogens is 1. The normalized spacial score (nSPS) is 15.8. The molecule has 35 heavy (non-hydrogen) atoms. The lowest BCUT2D eigenvalue weighted by molar-refractivity contribution is -0.0203. The van der Waals surface area contributed by atoms with E-state index in [1.54, 1.807) is 24.4 Å². The number of anilines is 2. The highest BCUT2D eigenvalue weighted by molar-refractivity contribution is 7.15. The number of hydrogen-bond acceptors (Lipinski definition) is 7. The van der Waals surface area contributed by atoms with Gasteiger partial charge in [-0.15, -0.1) is 11.3 Å². The lowest BCUT2D eigenvalue weighted by atomic mass is 9.92. The second-order valence-electron chi connectivity index (χ2n) is 8.83. The molecule has 6 nitrogen and oxygen atoms in total. The van der Waals surface area contributed by atoms with E-state index in [1.165, 1.54) is 17.4 Å². The SMILES string of the molecule is CCN(c1ccccc1)c1nccc(-c2sc(C3(O)CCN(C)CC3)nc2-c2ccccc2F)n1. The van der Waals surface area contributed by atoms with E-state index in [-0.39, 0.29) is 5.82 Å². The van der Waals surface area contributed by atoms with Gasteiger partial charge in [-0.25, -0.2) is 19.3 Å². The van der Waals surface area contributed by atoms with E-state index in [9.17, 15) is 9.50 Å². The van der Waals surface area contributed by atoms with Crippen LogP contribution in [0.5, 0.6) is 0 Å². The van der Waals surface area contributed by atoms with Crippen molar-refractivity contribution in [3.63, 3.8) is 0 Å². The Kier molecular flexibility index (Phi) is 6.60. The van der Waals surface area contributed by atoms with Gasteiger partial charge < -0.3 is 14.9 Å². The Labute approximate surface area is 208 Å². The average Bonchev–Trinajstić information content (AvgIpc) is 3.34. The third-order valence-corrected chi connectivity index (χ3v) is 7.74. The highest BCUT2D eigenvalue weighted by Crippen LogP contribution is 2.43. The fraction of sp³-hybridized carbons (Fsp3) is 0.296. The molecular weight excluding hydrogens is 461 g/mol. The van der Waals surface area contributed by atoms with Crippen molar-refractivity contribution < 1.29 is 9.50 Å². The number of piperidine rings is 1. The summed E-state index contributed by atoms with van der Waals surface area (Å²) in [7, 11) is 2.05. The van der Waals surface area contributed by atoms with Crippen LogP contribution in [0.2, 0.25) is 0 Å². The molecule has 0 amide bonds. The quantitative estimate of drug-likeness (QED) is 0.387. The zero-order valence-corrected chi connectivity index (χ0v) is 20.7. The Morgan fingerprint density at radius 2 is 1.74 bits per heavy atom. The van der Waals surface area contributed by atoms with Crippen molar-refractivity contribution >= 4 is 23.0 Å². The summed E-state index contributed by atoms with van der Waals surface area (Å²) >= 11 is 1.39. The molecule has 1 N–H and O–H groups in total. The van der Waals surface area contributed by atoms with E-state index in [4.69, 9.17) is 9.97 Å². The van der Waals surface area contributed by atoms with Crippen LogP contribution in [0, 0.1) is 5.82 Å². The monoisotopic (exact) mass is 489 g/mol. The van der Waals surface area contributed by atoms with Crippen LogP contribution in [0.3, 0.4) is 0 Å². The molecule has 1 fully saturated rings. The summed E-state index contributed by atoms with van der Waals surface area (Å²) in [6.07, 6.45) is 2.89. The highest BCUT2D eigenvalue weighted by atomic mass is 32.1. The molecule has 5 rings (SSSR count). The summed E-state index contributed by atoms with van der Waals surface area (Å²) in [5.41, 5.74) is 1.51. The van der Waals surface area contributed by atoms with Gasteiger partial charge in [-0.3, -0.25) is 0 Å². The highest BCUT2D eigenvalue weighted by Gasteiger charge is 2.37. The van der Waals surface area contributed by atoms with Crippen LogP contribution in [0.1, 0.15) is 24.8 Å². The van der Waals surface area contributed by atoms with Gasteiger partial charge in [0.05, 0.1) is 16.3 Å². The number of para-hydroxylation sites is 1. The van der Waals surface area contributed by atoms with Crippen LogP contribution < -0.4 is 4.90 Å². The predicted molar refractivity (Wildman–Crippen MR) is 138 cm³/mol. The van der Waals surface area contributed by atoms with Crippen LogP contribution in [-0.2, 0) is 5.60 Å². The molecule has 0 saturated carbocycles. The number of aromatic nitrogens is 3. The molecule has 180 valence electrons. The minimum atomic E-state index is -1.04. The molecule has 0 bridgehead atoms. The van der Waals surface area contributed by atoms with Crippen molar-refractivity contribution in [3.05, 3.63) is 77.7 Å². The van der Waals surface area contributed by atoms with Gasteiger partial charge in [0.1, 0.15) is 16.4 Å². The molecule has 1 saturated heterocycles. The Balaban J connectivity index is 1.62. The standard InChI is InChI=1S/C27H28FN5OS/c1-3-33(19-9-5-4-6-10-19)26-29-16-13-22(30-26)24-23(20-11-7-8-12-21(20)28)31-25(35-24)27(34)14-17-32(2)18-15-27/h4-13,16,34H,3,14-15,17-18H2,1-2H3. The number of aliphatic hydroxyl groups is 1. The lowest BCUT2D eigenvalue weighted by Gasteiger charge is -2.34. The number of hydrogen-bond donors (Lipinski definition) is 1. The predicted octanol–water partition coefficient (Wildman–Crippen LogP) is 5.48. The molecule has 1 aliphatic rings. The Morgan fingerprint density at radius 1 is 1.03 bits per heavy atom. The second-order valence-corrected chi connectivity index (χ2v) is 9.83. The minimum Gasteiger partial charge on any atom is -0.383 e. The van der Waals surface area contributed by atoms with Gasteiger partial charge in [0.25, 0.3) is 0 Å². The first-order chi connectivity index (χ1) is 17.0. The Bertz CT molecular complexity index is 1300. The smallest absolute Gasteiger partial charge is 0.230 e. The maximum Gasteiger partial charge on any atom is 0.230 e. The second kappa shape index (κ2) is 9.81. The van der Waals surface area contributed by atoms with Crippen LogP contribution in [0.25, 0.3) is 21.8 Å². The minimum absolute atomic E-state index is 0.352. The molecule has 0 unspecified atom stereocenters. The van der Waals surface area contributed by atoms with Crippen LogP contribution in [0.15, 0.2) is 66.9 Å². The average molecular weight is 490 g/mol. The van der Waals surface area contributed by atoms with Gasteiger partial charge in [-0.05, 0) is 57.1 Å². The van der Waals surface area contributed by atoms with Gasteiger partial charge in [0.15, 0.2) is 0 Å². The fourth-order valence-corrected chi connectivity index (χ4v) is 5.58. The molecular formula is C27H28FN5OS. The topological polar surface area (TPSA) is 65.4 Å². The number of thiazole rings is 1. The van der Waals surface area contributed by atoms with E-state index >= 15 is 0 Å². The first kappa shape index (κ1) is 23.5. The molecule has 3 heterocycles. The summed E-state index contributed by atoms with van der Waals surface area (Å²) in [6, 6.07) is 18.4. The third kappa shape index (κ3) is 4.69. The molecule has 0 spiro atoms. The van der Waals surface area contributed by atoms with E-state index in [1.807, 2.05) is 55.3 Å². The Hall–Kier alpha value is -3.20. The van der Waals surface area contributed by atoms with Gasteiger partial charge in [-0.2, -0.15) is 0 Å². The van der Waals surface area contributed by atoms with Crippen LogP contribution in [-0.4, -0.2) is 51.6 Å². The summed E-state index contributed by atoms with van der Waals surface area (Å²) in [4.78, 5) is 19.2. The molecule has 8 heteroatoms. The van der Waals surface area contributed by atoms with Crippen LogP contribution >= 0.6 is 11.3 Å². The molecule has 1 aliphatic heterocycles. The molecule has 0 aliphatic carbocycles. The summed E-state index contributed by atoms with van der Waals surface area (Å²) in [6.45, 7) is 4.30. The first-order valence-corrected chi connectivity index (χ1v) is 12.6. The van der Waals surface area contributed by atoms with Crippen molar-refractivity contribution in [1.29, 1.82) is 0 Å². The summed E-state index contributed by atoms with van der Waals surface area (Å²) in [5.74, 6) is 0.207. The molecule has 4 aromatic rings. The molecule has 2 aromatic carbocycles. The van der Waals surface area contributed by atoms with Crippen molar-refractivity contribution in [2.45, 2.75) is 25.4 Å². The van der Waals surface area contributed by atoms with Gasteiger partial charge >= 0.3 is 0 Å². The Morgan fingerprint density at radius 3 is 2.46 bits per heavy atom. The van der Waals surface area contributed by atoms with Gasteiger partial charge in [-0.1, -0.05) is 30.3 Å². The first-order valence-electron chi connectivity index (χ1n) is 11.8. The van der Waals surface area contributed by atoms with Crippen molar-refractivity contribution in [1.82, 2.24) is 19.9 Å². The lowest BCUT2D eigenvalue weighted by Crippen LogP contribution is -2.40. The number of benzene rings is 2. The van der Waals surface area contributed by atoms with Gasteiger partial charge in [0.2, 0.25) is 5.95 Å². The fourth-order valence-electron chi connectivity index (χ4n) is 4.38. The van der Waals surface area contributed by atoms with E-state index < -0.39 is 5.60 Å². The summed E-state index contributed by atoms with van der Waals surface area (Å²) < 4.78 is 14.9. The maximum absolute atomic E-state index is 14.9.